The van der Waals surface area contributed by atoms with E-state index in [1.165, 1.54) is 51.5 Å². The van der Waals surface area contributed by atoms with Crippen LogP contribution in [-0.4, -0.2) is 12.6 Å². The van der Waals surface area contributed by atoms with E-state index >= 15 is 0 Å². The highest BCUT2D eigenvalue weighted by molar-refractivity contribution is 4.82. The van der Waals surface area contributed by atoms with Crippen molar-refractivity contribution in [2.75, 3.05) is 6.54 Å². The second kappa shape index (κ2) is 9.00. The predicted molar refractivity (Wildman–Crippen MR) is 86.4 cm³/mol. The summed E-state index contributed by atoms with van der Waals surface area (Å²) in [7, 11) is 0. The maximum absolute atomic E-state index is 3.68. The molecular formula is C18H37N. The zero-order valence-electron chi connectivity index (χ0n) is 14.0. The van der Waals surface area contributed by atoms with Gasteiger partial charge in [0.25, 0.3) is 0 Å². The maximum atomic E-state index is 3.68. The molecule has 0 spiro atoms. The normalized spacial score (nSPS) is 28.3. The SMILES string of the molecule is CCCC1CCC(CNC(C)C)C(CCC(C)C)C1. The molecular weight excluding hydrogens is 230 g/mol. The molecule has 1 fully saturated rings. The minimum Gasteiger partial charge on any atom is -0.314 e. The topological polar surface area (TPSA) is 12.0 Å². The van der Waals surface area contributed by atoms with Gasteiger partial charge in [0, 0.05) is 6.04 Å². The Morgan fingerprint density at radius 1 is 1.00 bits per heavy atom. The average Bonchev–Trinajstić information content (AvgIpc) is 2.35. The molecule has 0 aromatic heterocycles. The van der Waals surface area contributed by atoms with Crippen LogP contribution in [0.4, 0.5) is 0 Å². The molecule has 1 N–H and O–H groups in total. The summed E-state index contributed by atoms with van der Waals surface area (Å²) >= 11 is 0. The minimum absolute atomic E-state index is 0.638. The van der Waals surface area contributed by atoms with Gasteiger partial charge in [0.05, 0.1) is 0 Å². The smallest absolute Gasteiger partial charge is 0.00104 e. The van der Waals surface area contributed by atoms with Crippen molar-refractivity contribution in [2.24, 2.45) is 23.7 Å². The molecule has 1 heteroatoms. The van der Waals surface area contributed by atoms with Crippen LogP contribution in [0.15, 0.2) is 0 Å². The molecule has 1 aliphatic rings. The molecule has 0 radical (unpaired) electrons. The summed E-state index contributed by atoms with van der Waals surface area (Å²) in [5, 5.41) is 3.68. The Kier molecular flexibility index (Phi) is 8.06. The van der Waals surface area contributed by atoms with Gasteiger partial charge in [0.1, 0.15) is 0 Å². The lowest BCUT2D eigenvalue weighted by Gasteiger charge is -2.37. The molecule has 1 saturated carbocycles. The van der Waals surface area contributed by atoms with Gasteiger partial charge in [0.15, 0.2) is 0 Å². The summed E-state index contributed by atoms with van der Waals surface area (Å²) < 4.78 is 0. The average molecular weight is 268 g/mol. The molecule has 0 saturated heterocycles. The fourth-order valence-corrected chi connectivity index (χ4v) is 3.65. The van der Waals surface area contributed by atoms with E-state index < -0.39 is 0 Å². The Bertz CT molecular complexity index is 222. The van der Waals surface area contributed by atoms with Gasteiger partial charge in [-0.15, -0.1) is 0 Å². The van der Waals surface area contributed by atoms with Crippen LogP contribution < -0.4 is 5.32 Å². The molecule has 0 heterocycles. The van der Waals surface area contributed by atoms with E-state index in [-0.39, 0.29) is 0 Å². The fourth-order valence-electron chi connectivity index (χ4n) is 3.65. The Morgan fingerprint density at radius 3 is 2.32 bits per heavy atom. The van der Waals surface area contributed by atoms with Crippen molar-refractivity contribution in [3.63, 3.8) is 0 Å². The first-order chi connectivity index (χ1) is 9.02. The molecule has 0 bridgehead atoms. The van der Waals surface area contributed by atoms with Crippen LogP contribution in [-0.2, 0) is 0 Å². The molecule has 0 amide bonds. The van der Waals surface area contributed by atoms with Crippen molar-refractivity contribution in [3.8, 4) is 0 Å². The van der Waals surface area contributed by atoms with E-state index in [1.54, 1.807) is 0 Å². The summed E-state index contributed by atoms with van der Waals surface area (Å²) in [6, 6.07) is 0.638. The molecule has 1 nitrogen and oxygen atoms in total. The zero-order chi connectivity index (χ0) is 14.3. The van der Waals surface area contributed by atoms with Crippen LogP contribution in [0.2, 0.25) is 0 Å². The van der Waals surface area contributed by atoms with E-state index in [4.69, 9.17) is 0 Å². The lowest BCUT2D eigenvalue weighted by molar-refractivity contribution is 0.151. The highest BCUT2D eigenvalue weighted by Gasteiger charge is 2.29. The third-order valence-corrected chi connectivity index (χ3v) is 4.85. The van der Waals surface area contributed by atoms with Gasteiger partial charge in [-0.2, -0.15) is 0 Å². The Morgan fingerprint density at radius 2 is 1.74 bits per heavy atom. The molecule has 1 aliphatic carbocycles. The Balaban J connectivity index is 2.46. The predicted octanol–water partition coefficient (Wildman–Crippen LogP) is 5.25. The first kappa shape index (κ1) is 17.0. The van der Waals surface area contributed by atoms with Crippen molar-refractivity contribution in [2.45, 2.75) is 85.6 Å². The summed E-state index contributed by atoms with van der Waals surface area (Å²) in [6.45, 7) is 12.9. The first-order valence-electron chi connectivity index (χ1n) is 8.76. The molecule has 0 aromatic rings. The lowest BCUT2D eigenvalue weighted by Crippen LogP contribution is -2.36. The number of hydrogen-bond acceptors (Lipinski definition) is 1. The second-order valence-electron chi connectivity index (χ2n) is 7.52. The van der Waals surface area contributed by atoms with Crippen LogP contribution in [0.25, 0.3) is 0 Å². The van der Waals surface area contributed by atoms with Gasteiger partial charge in [-0.25, -0.2) is 0 Å². The zero-order valence-corrected chi connectivity index (χ0v) is 14.0. The van der Waals surface area contributed by atoms with Crippen molar-refractivity contribution < 1.29 is 0 Å². The fraction of sp³-hybridized carbons (Fsp3) is 1.00. The standard InChI is InChI=1S/C18H37N/c1-6-7-16-9-11-18(13-19-15(4)5)17(12-16)10-8-14(2)3/h14-19H,6-13H2,1-5H3. The maximum Gasteiger partial charge on any atom is 0.00104 e. The van der Waals surface area contributed by atoms with Crippen LogP contribution in [0, 0.1) is 23.7 Å². The molecule has 1 rings (SSSR count). The van der Waals surface area contributed by atoms with Crippen LogP contribution in [0.1, 0.15) is 79.6 Å². The molecule has 0 aliphatic heterocycles. The summed E-state index contributed by atoms with van der Waals surface area (Å²) in [6.07, 6.45) is 10.2. The monoisotopic (exact) mass is 267 g/mol. The van der Waals surface area contributed by atoms with Gasteiger partial charge in [-0.3, -0.25) is 0 Å². The van der Waals surface area contributed by atoms with Crippen molar-refractivity contribution in [1.29, 1.82) is 0 Å². The van der Waals surface area contributed by atoms with E-state index in [0.29, 0.717) is 6.04 Å². The number of nitrogens with one attached hydrogen (secondary N) is 1. The van der Waals surface area contributed by atoms with Gasteiger partial charge < -0.3 is 5.32 Å². The third-order valence-electron chi connectivity index (χ3n) is 4.85. The van der Waals surface area contributed by atoms with Gasteiger partial charge in [-0.05, 0) is 49.5 Å². The van der Waals surface area contributed by atoms with Gasteiger partial charge in [-0.1, -0.05) is 60.3 Å². The number of rotatable bonds is 8. The summed E-state index contributed by atoms with van der Waals surface area (Å²) in [5.41, 5.74) is 0. The number of hydrogen-bond donors (Lipinski definition) is 1. The highest BCUT2D eigenvalue weighted by atomic mass is 14.9. The van der Waals surface area contributed by atoms with Gasteiger partial charge in [0.2, 0.25) is 0 Å². The molecule has 114 valence electrons. The van der Waals surface area contributed by atoms with E-state index in [0.717, 1.165) is 23.7 Å². The van der Waals surface area contributed by atoms with E-state index in [9.17, 15) is 0 Å². The first-order valence-corrected chi connectivity index (χ1v) is 8.76. The van der Waals surface area contributed by atoms with E-state index in [2.05, 4.69) is 39.9 Å². The summed E-state index contributed by atoms with van der Waals surface area (Å²) in [4.78, 5) is 0. The Hall–Kier alpha value is -0.0400. The largest absolute Gasteiger partial charge is 0.314 e. The van der Waals surface area contributed by atoms with Crippen molar-refractivity contribution in [3.05, 3.63) is 0 Å². The van der Waals surface area contributed by atoms with E-state index in [1.807, 2.05) is 0 Å². The second-order valence-corrected chi connectivity index (χ2v) is 7.52. The molecule has 0 aromatic carbocycles. The van der Waals surface area contributed by atoms with Crippen LogP contribution >= 0.6 is 0 Å². The molecule has 3 atom stereocenters. The molecule has 3 unspecified atom stereocenters. The van der Waals surface area contributed by atoms with Gasteiger partial charge >= 0.3 is 0 Å². The minimum atomic E-state index is 0.638. The van der Waals surface area contributed by atoms with Crippen molar-refractivity contribution >= 4 is 0 Å². The quantitative estimate of drug-likeness (QED) is 0.633. The lowest BCUT2D eigenvalue weighted by atomic mass is 9.70. The Labute approximate surface area is 121 Å². The van der Waals surface area contributed by atoms with Crippen LogP contribution in [0.5, 0.6) is 0 Å². The van der Waals surface area contributed by atoms with Crippen LogP contribution in [0.3, 0.4) is 0 Å². The highest BCUT2D eigenvalue weighted by Crippen LogP contribution is 2.38. The molecule has 19 heavy (non-hydrogen) atoms. The third kappa shape index (κ3) is 6.79. The summed E-state index contributed by atoms with van der Waals surface area (Å²) in [5.74, 6) is 3.82. The van der Waals surface area contributed by atoms with Crippen molar-refractivity contribution in [1.82, 2.24) is 5.32 Å².